The summed E-state index contributed by atoms with van der Waals surface area (Å²) in [6.07, 6.45) is 1.72. The quantitative estimate of drug-likeness (QED) is 0.284. The van der Waals surface area contributed by atoms with E-state index in [2.05, 4.69) is 6.07 Å². The van der Waals surface area contributed by atoms with E-state index in [-0.39, 0.29) is 5.69 Å². The van der Waals surface area contributed by atoms with Crippen LogP contribution in [0.2, 0.25) is 10.0 Å². The third kappa shape index (κ3) is 3.79. The van der Waals surface area contributed by atoms with E-state index in [9.17, 15) is 15.4 Å². The molecule has 0 aliphatic carbocycles. The standard InChI is InChI=1S/C21H15Cl2N3O2/c1-13-8-16(14(2)25(13)21-11-18(22)6-7-20(21)23)9-17(12-24)15-4-3-5-19(10-15)26(27)28/h3-11H,1-2H3/b17-9-. The molecule has 0 bridgehead atoms. The van der Waals surface area contributed by atoms with Gasteiger partial charge >= 0.3 is 0 Å². The smallest absolute Gasteiger partial charge is 0.270 e. The summed E-state index contributed by atoms with van der Waals surface area (Å²) in [4.78, 5) is 10.5. The van der Waals surface area contributed by atoms with Crippen molar-refractivity contribution in [2.45, 2.75) is 13.8 Å². The summed E-state index contributed by atoms with van der Waals surface area (Å²) in [7, 11) is 0. The molecule has 0 spiro atoms. The van der Waals surface area contributed by atoms with Crippen molar-refractivity contribution in [3.63, 3.8) is 0 Å². The molecule has 28 heavy (non-hydrogen) atoms. The number of nitriles is 1. The lowest BCUT2D eigenvalue weighted by atomic mass is 10.0. The van der Waals surface area contributed by atoms with E-state index in [1.807, 2.05) is 24.5 Å². The van der Waals surface area contributed by atoms with E-state index in [1.54, 1.807) is 36.4 Å². The normalized spacial score (nSPS) is 11.3. The third-order valence-electron chi connectivity index (χ3n) is 4.41. The van der Waals surface area contributed by atoms with Gasteiger partial charge in [-0.2, -0.15) is 5.26 Å². The highest BCUT2D eigenvalue weighted by Gasteiger charge is 2.14. The van der Waals surface area contributed by atoms with Gasteiger partial charge in [0.05, 0.1) is 27.3 Å². The monoisotopic (exact) mass is 411 g/mol. The largest absolute Gasteiger partial charge is 0.316 e. The number of allylic oxidation sites excluding steroid dienone is 1. The van der Waals surface area contributed by atoms with Crippen LogP contribution >= 0.6 is 23.2 Å². The molecule has 0 radical (unpaired) electrons. The van der Waals surface area contributed by atoms with Crippen molar-refractivity contribution in [3.8, 4) is 11.8 Å². The average molecular weight is 412 g/mol. The van der Waals surface area contributed by atoms with Crippen molar-refractivity contribution in [3.05, 3.63) is 91.2 Å². The number of halogens is 2. The van der Waals surface area contributed by atoms with Gasteiger partial charge in [-0.3, -0.25) is 10.1 Å². The zero-order chi connectivity index (χ0) is 20.4. The predicted molar refractivity (Wildman–Crippen MR) is 112 cm³/mol. The van der Waals surface area contributed by atoms with Crippen LogP contribution < -0.4 is 0 Å². The Labute approximate surface area is 172 Å². The van der Waals surface area contributed by atoms with Gasteiger partial charge in [-0.25, -0.2) is 0 Å². The van der Waals surface area contributed by atoms with Crippen LogP contribution in [0.5, 0.6) is 0 Å². The van der Waals surface area contributed by atoms with E-state index in [1.165, 1.54) is 12.1 Å². The minimum atomic E-state index is -0.481. The fourth-order valence-corrected chi connectivity index (χ4v) is 3.45. The first-order valence-corrected chi connectivity index (χ1v) is 9.08. The van der Waals surface area contributed by atoms with Gasteiger partial charge in [0.1, 0.15) is 0 Å². The molecule has 1 aromatic heterocycles. The number of nitro benzene ring substituents is 1. The van der Waals surface area contributed by atoms with Crippen LogP contribution in [0, 0.1) is 35.3 Å². The summed E-state index contributed by atoms with van der Waals surface area (Å²) in [6, 6.07) is 15.3. The van der Waals surface area contributed by atoms with Crippen molar-refractivity contribution in [2.24, 2.45) is 0 Å². The Hall–Kier alpha value is -3.07. The first-order chi connectivity index (χ1) is 13.3. The van der Waals surface area contributed by atoms with Crippen LogP contribution in [-0.2, 0) is 0 Å². The Morgan fingerprint density at radius 3 is 2.61 bits per heavy atom. The van der Waals surface area contributed by atoms with Crippen molar-refractivity contribution < 1.29 is 4.92 Å². The molecule has 0 aliphatic heterocycles. The van der Waals surface area contributed by atoms with Crippen LogP contribution in [0.15, 0.2) is 48.5 Å². The van der Waals surface area contributed by atoms with Crippen molar-refractivity contribution >= 4 is 40.5 Å². The van der Waals surface area contributed by atoms with Crippen LogP contribution in [0.4, 0.5) is 5.69 Å². The Balaban J connectivity index is 2.12. The van der Waals surface area contributed by atoms with Gasteiger partial charge in [0, 0.05) is 28.5 Å². The summed E-state index contributed by atoms with van der Waals surface area (Å²) < 4.78 is 1.96. The Morgan fingerprint density at radius 2 is 1.93 bits per heavy atom. The first kappa shape index (κ1) is 19.7. The number of rotatable bonds is 4. The zero-order valence-electron chi connectivity index (χ0n) is 15.1. The summed E-state index contributed by atoms with van der Waals surface area (Å²) in [5.74, 6) is 0. The molecule has 7 heteroatoms. The van der Waals surface area contributed by atoms with Crippen LogP contribution in [0.1, 0.15) is 22.5 Å². The number of benzene rings is 2. The van der Waals surface area contributed by atoms with E-state index in [0.717, 1.165) is 22.6 Å². The van der Waals surface area contributed by atoms with Crippen LogP contribution in [-0.4, -0.2) is 9.49 Å². The van der Waals surface area contributed by atoms with E-state index >= 15 is 0 Å². The number of hydrogen-bond acceptors (Lipinski definition) is 3. The van der Waals surface area contributed by atoms with Crippen LogP contribution in [0.25, 0.3) is 17.3 Å². The second-order valence-corrected chi connectivity index (χ2v) is 7.08. The topological polar surface area (TPSA) is 71.9 Å². The lowest BCUT2D eigenvalue weighted by Crippen LogP contribution is -2.00. The highest BCUT2D eigenvalue weighted by molar-refractivity contribution is 6.34. The van der Waals surface area contributed by atoms with Gasteiger partial charge in [0.25, 0.3) is 5.69 Å². The molecule has 140 valence electrons. The molecule has 1 heterocycles. The van der Waals surface area contributed by atoms with E-state index < -0.39 is 4.92 Å². The molecular formula is C21H15Cl2N3O2. The molecule has 5 nitrogen and oxygen atoms in total. The Morgan fingerprint density at radius 1 is 1.18 bits per heavy atom. The summed E-state index contributed by atoms with van der Waals surface area (Å²) in [6.45, 7) is 3.85. The number of non-ortho nitro benzene ring substituents is 1. The van der Waals surface area contributed by atoms with Crippen molar-refractivity contribution in [1.29, 1.82) is 5.26 Å². The number of nitrogens with zero attached hydrogens (tertiary/aromatic N) is 3. The average Bonchev–Trinajstić information content (AvgIpc) is 2.95. The lowest BCUT2D eigenvalue weighted by molar-refractivity contribution is -0.384. The van der Waals surface area contributed by atoms with Crippen molar-refractivity contribution in [1.82, 2.24) is 4.57 Å². The molecule has 0 saturated heterocycles. The first-order valence-electron chi connectivity index (χ1n) is 8.33. The Kier molecular flexibility index (Phi) is 5.55. The number of aromatic nitrogens is 1. The molecule has 0 unspecified atom stereocenters. The predicted octanol–water partition coefficient (Wildman–Crippen LogP) is 6.37. The second-order valence-electron chi connectivity index (χ2n) is 6.23. The van der Waals surface area contributed by atoms with Gasteiger partial charge in [-0.15, -0.1) is 0 Å². The van der Waals surface area contributed by atoms with Gasteiger partial charge in [-0.05, 0) is 55.3 Å². The number of hydrogen-bond donors (Lipinski definition) is 0. The van der Waals surface area contributed by atoms with E-state index in [0.29, 0.717) is 21.2 Å². The summed E-state index contributed by atoms with van der Waals surface area (Å²) in [5.41, 5.74) is 4.12. The third-order valence-corrected chi connectivity index (χ3v) is 4.96. The van der Waals surface area contributed by atoms with Crippen molar-refractivity contribution in [2.75, 3.05) is 0 Å². The molecule has 3 rings (SSSR count). The minimum Gasteiger partial charge on any atom is -0.316 e. The maximum Gasteiger partial charge on any atom is 0.270 e. The van der Waals surface area contributed by atoms with Gasteiger partial charge < -0.3 is 4.57 Å². The van der Waals surface area contributed by atoms with Gasteiger partial charge in [0.2, 0.25) is 0 Å². The molecule has 2 aromatic carbocycles. The molecule has 0 fully saturated rings. The van der Waals surface area contributed by atoms with Crippen LogP contribution in [0.3, 0.4) is 0 Å². The SMILES string of the molecule is Cc1cc(/C=C(/C#N)c2cccc([N+](=O)[O-])c2)c(C)n1-c1cc(Cl)ccc1Cl. The maximum atomic E-state index is 11.0. The number of aryl methyl sites for hydroxylation is 1. The Bertz CT molecular complexity index is 1160. The molecule has 0 saturated carbocycles. The van der Waals surface area contributed by atoms with E-state index in [4.69, 9.17) is 23.2 Å². The molecule has 0 aliphatic rings. The highest BCUT2D eigenvalue weighted by Crippen LogP contribution is 2.31. The lowest BCUT2D eigenvalue weighted by Gasteiger charge is -2.12. The van der Waals surface area contributed by atoms with Gasteiger partial charge in [0.15, 0.2) is 0 Å². The zero-order valence-corrected chi connectivity index (χ0v) is 16.6. The maximum absolute atomic E-state index is 11.0. The summed E-state index contributed by atoms with van der Waals surface area (Å²) in [5, 5.41) is 21.7. The molecule has 0 amide bonds. The number of nitro groups is 1. The molecule has 0 atom stereocenters. The molecular weight excluding hydrogens is 397 g/mol. The molecule has 0 N–H and O–H groups in total. The molecule has 3 aromatic rings. The fourth-order valence-electron chi connectivity index (χ4n) is 3.08. The fraction of sp³-hybridized carbons (Fsp3) is 0.0952. The van der Waals surface area contributed by atoms with Gasteiger partial charge in [-0.1, -0.05) is 35.3 Å². The highest BCUT2D eigenvalue weighted by atomic mass is 35.5. The minimum absolute atomic E-state index is 0.0603. The second kappa shape index (κ2) is 7.89. The summed E-state index contributed by atoms with van der Waals surface area (Å²) >= 11 is 12.5.